The number of aryl methyl sites for hydroxylation is 1. The monoisotopic (exact) mass is 462 g/mol. The molecule has 2 aromatic heterocycles. The number of hydrogen-bond acceptors (Lipinski definition) is 0. The Morgan fingerprint density at radius 2 is 1.36 bits per heavy atom. The SMILES string of the molecule is Cc1cc2c(cc1C(C)(C)C)[se]c1[se]c3cc(C(C)(C)C)ccc3c12. The summed E-state index contributed by atoms with van der Waals surface area (Å²) in [6, 6.07) is 12.2. The Labute approximate surface area is 162 Å². The predicted octanol–water partition coefficient (Wildman–Crippen LogP) is 6.16. The third kappa shape index (κ3) is 2.88. The van der Waals surface area contributed by atoms with Crippen LogP contribution in [-0.4, -0.2) is 29.0 Å². The van der Waals surface area contributed by atoms with Gasteiger partial charge in [0.2, 0.25) is 0 Å². The third-order valence-corrected chi connectivity index (χ3v) is 10.9. The van der Waals surface area contributed by atoms with E-state index in [0.717, 1.165) is 0 Å². The van der Waals surface area contributed by atoms with Crippen LogP contribution in [0.4, 0.5) is 0 Å². The van der Waals surface area contributed by atoms with Crippen LogP contribution >= 0.6 is 0 Å². The van der Waals surface area contributed by atoms with Crippen LogP contribution in [0.25, 0.3) is 27.8 Å². The summed E-state index contributed by atoms with van der Waals surface area (Å²) in [5.74, 6) is 0. The van der Waals surface area contributed by atoms with Crippen LogP contribution in [-0.2, 0) is 10.8 Å². The molecular weight excluding hydrogens is 434 g/mol. The van der Waals surface area contributed by atoms with E-state index in [2.05, 4.69) is 78.8 Å². The van der Waals surface area contributed by atoms with Gasteiger partial charge in [0.15, 0.2) is 0 Å². The van der Waals surface area contributed by atoms with Gasteiger partial charge < -0.3 is 0 Å². The van der Waals surface area contributed by atoms with Crippen LogP contribution in [0.1, 0.15) is 58.2 Å². The topological polar surface area (TPSA) is 0 Å². The Morgan fingerprint density at radius 3 is 1.96 bits per heavy atom. The minimum absolute atomic E-state index is 0.229. The molecule has 0 spiro atoms. The van der Waals surface area contributed by atoms with Crippen LogP contribution in [0.15, 0.2) is 30.3 Å². The van der Waals surface area contributed by atoms with Crippen molar-refractivity contribution in [1.82, 2.24) is 0 Å². The van der Waals surface area contributed by atoms with E-state index in [0.29, 0.717) is 29.0 Å². The van der Waals surface area contributed by atoms with Gasteiger partial charge in [-0.05, 0) is 0 Å². The quantitative estimate of drug-likeness (QED) is 0.276. The van der Waals surface area contributed by atoms with E-state index in [1.54, 1.807) is 17.0 Å². The average Bonchev–Trinajstić information content (AvgIpc) is 2.99. The molecule has 0 saturated carbocycles. The second kappa shape index (κ2) is 5.61. The van der Waals surface area contributed by atoms with Crippen LogP contribution in [0.5, 0.6) is 0 Å². The van der Waals surface area contributed by atoms with Gasteiger partial charge in [-0.2, -0.15) is 0 Å². The van der Waals surface area contributed by atoms with Gasteiger partial charge in [0, 0.05) is 0 Å². The van der Waals surface area contributed by atoms with Gasteiger partial charge in [-0.1, -0.05) is 0 Å². The van der Waals surface area contributed by atoms with Crippen molar-refractivity contribution in [2.24, 2.45) is 0 Å². The number of hydrogen-bond donors (Lipinski definition) is 0. The summed E-state index contributed by atoms with van der Waals surface area (Å²) in [7, 11) is 0. The maximum atomic E-state index is 2.52. The summed E-state index contributed by atoms with van der Waals surface area (Å²) in [6.45, 7) is 16.2. The number of rotatable bonds is 0. The average molecular weight is 460 g/mol. The van der Waals surface area contributed by atoms with E-state index in [1.807, 2.05) is 0 Å². The molecule has 25 heavy (non-hydrogen) atoms. The molecule has 0 radical (unpaired) electrons. The Morgan fingerprint density at radius 1 is 0.720 bits per heavy atom. The Balaban J connectivity index is 2.03. The molecule has 0 atom stereocenters. The molecule has 0 saturated heterocycles. The van der Waals surface area contributed by atoms with Crippen molar-refractivity contribution in [2.75, 3.05) is 0 Å². The summed E-state index contributed by atoms with van der Waals surface area (Å²) >= 11 is 1.03. The van der Waals surface area contributed by atoms with Crippen molar-refractivity contribution in [2.45, 2.75) is 59.3 Å². The second-order valence-electron chi connectivity index (χ2n) is 9.24. The predicted molar refractivity (Wildman–Crippen MR) is 115 cm³/mol. The molecule has 0 unspecified atom stereocenters. The second-order valence-corrected chi connectivity index (χ2v) is 15.0. The molecule has 0 amide bonds. The minimum atomic E-state index is 0.229. The molecule has 0 nitrogen and oxygen atoms in total. The van der Waals surface area contributed by atoms with Crippen molar-refractivity contribution in [1.29, 1.82) is 0 Å². The molecule has 2 heterocycles. The first-order chi connectivity index (χ1) is 11.6. The number of fused-ring (bicyclic) bond motifs is 5. The fourth-order valence-electron chi connectivity index (χ4n) is 3.74. The number of benzene rings is 2. The summed E-state index contributed by atoms with van der Waals surface area (Å²) in [5, 5.41) is 4.64. The Hall–Kier alpha value is -0.781. The van der Waals surface area contributed by atoms with E-state index < -0.39 is 0 Å². The van der Waals surface area contributed by atoms with E-state index in [4.69, 9.17) is 0 Å². The van der Waals surface area contributed by atoms with Crippen molar-refractivity contribution in [3.05, 3.63) is 47.0 Å². The van der Waals surface area contributed by atoms with Crippen LogP contribution < -0.4 is 0 Å². The summed E-state index contributed by atoms with van der Waals surface area (Å²) in [5.41, 5.74) is 4.90. The van der Waals surface area contributed by atoms with Crippen LogP contribution in [0.2, 0.25) is 0 Å². The standard InChI is InChI=1S/C23H26Se2/c1-13-10-16-19(12-17(13)23(5,6)7)25-21-20(16)15-9-8-14(22(2,3)4)11-18(15)24-21/h8-12H,1-7H3. The van der Waals surface area contributed by atoms with Crippen molar-refractivity contribution >= 4 is 56.8 Å². The van der Waals surface area contributed by atoms with Gasteiger partial charge in [0.1, 0.15) is 0 Å². The molecule has 0 aliphatic rings. The van der Waals surface area contributed by atoms with E-state index in [9.17, 15) is 0 Å². The normalized spacial score (nSPS) is 13.4. The van der Waals surface area contributed by atoms with Gasteiger partial charge >= 0.3 is 163 Å². The van der Waals surface area contributed by atoms with E-state index in [1.165, 1.54) is 27.5 Å². The van der Waals surface area contributed by atoms with Gasteiger partial charge in [0.05, 0.1) is 0 Å². The third-order valence-electron chi connectivity index (χ3n) is 5.13. The van der Waals surface area contributed by atoms with Gasteiger partial charge in [-0.25, -0.2) is 0 Å². The molecule has 0 aliphatic carbocycles. The first-order valence-electron chi connectivity index (χ1n) is 8.96. The van der Waals surface area contributed by atoms with E-state index >= 15 is 0 Å². The molecule has 130 valence electrons. The van der Waals surface area contributed by atoms with E-state index in [-0.39, 0.29) is 10.8 Å². The molecule has 0 fully saturated rings. The Bertz CT molecular complexity index is 1110. The van der Waals surface area contributed by atoms with Gasteiger partial charge in [0.25, 0.3) is 0 Å². The molecule has 2 heteroatoms. The molecule has 4 aromatic rings. The molecule has 2 aromatic carbocycles. The zero-order chi connectivity index (χ0) is 18.1. The zero-order valence-electron chi connectivity index (χ0n) is 16.2. The summed E-state index contributed by atoms with van der Waals surface area (Å²) < 4.78 is 4.97. The molecule has 0 N–H and O–H groups in total. The van der Waals surface area contributed by atoms with Crippen LogP contribution in [0.3, 0.4) is 0 Å². The Kier molecular flexibility index (Phi) is 3.95. The van der Waals surface area contributed by atoms with Crippen LogP contribution in [0, 0.1) is 6.92 Å². The molecule has 4 rings (SSSR count). The molecular formula is C23H26Se2. The zero-order valence-corrected chi connectivity index (χ0v) is 19.6. The first kappa shape index (κ1) is 17.6. The summed E-state index contributed by atoms with van der Waals surface area (Å²) in [6.07, 6.45) is 0. The fourth-order valence-corrected chi connectivity index (χ4v) is 10.3. The van der Waals surface area contributed by atoms with Crippen molar-refractivity contribution in [3.63, 3.8) is 0 Å². The summed E-state index contributed by atoms with van der Waals surface area (Å²) in [4.78, 5) is 0. The molecule has 0 bridgehead atoms. The van der Waals surface area contributed by atoms with Gasteiger partial charge in [-0.15, -0.1) is 0 Å². The fraction of sp³-hybridized carbons (Fsp3) is 0.391. The van der Waals surface area contributed by atoms with Crippen molar-refractivity contribution < 1.29 is 0 Å². The first-order valence-corrected chi connectivity index (χ1v) is 12.4. The van der Waals surface area contributed by atoms with Crippen molar-refractivity contribution in [3.8, 4) is 0 Å². The molecule has 0 aliphatic heterocycles. The van der Waals surface area contributed by atoms with Gasteiger partial charge in [-0.3, -0.25) is 0 Å². The maximum absolute atomic E-state index is 2.52.